The fourth-order valence-corrected chi connectivity index (χ4v) is 2.86. The first-order valence-electron chi connectivity index (χ1n) is 8.44. The second kappa shape index (κ2) is 8.71. The maximum Gasteiger partial charge on any atom is 0.266 e. The maximum atomic E-state index is 13.4. The molecule has 1 aromatic carbocycles. The van der Waals surface area contributed by atoms with Gasteiger partial charge < -0.3 is 20.7 Å². The van der Waals surface area contributed by atoms with E-state index in [-0.39, 0.29) is 23.0 Å². The molecular weight excluding hydrogens is 365 g/mol. The average Bonchev–Trinajstić information content (AvgIpc) is 3.33. The number of alkyl halides is 2. The molecule has 2 aromatic rings. The van der Waals surface area contributed by atoms with Gasteiger partial charge in [-0.3, -0.25) is 0 Å². The Morgan fingerprint density at radius 3 is 2.78 bits per heavy atom. The number of halogens is 3. The highest BCUT2D eigenvalue weighted by Crippen LogP contribution is 2.25. The second-order valence-corrected chi connectivity index (χ2v) is 6.05. The molecule has 11 heteroatoms. The zero-order chi connectivity index (χ0) is 19.2. The molecule has 0 saturated carbocycles. The molecule has 146 valence electrons. The van der Waals surface area contributed by atoms with E-state index in [0.717, 1.165) is 31.8 Å². The van der Waals surface area contributed by atoms with Gasteiger partial charge in [-0.05, 0) is 54.4 Å². The van der Waals surface area contributed by atoms with Crippen LogP contribution >= 0.6 is 0 Å². The van der Waals surface area contributed by atoms with Gasteiger partial charge in [-0.25, -0.2) is 17.8 Å². The topological polar surface area (TPSA) is 98.8 Å². The second-order valence-electron chi connectivity index (χ2n) is 6.05. The van der Waals surface area contributed by atoms with Gasteiger partial charge in [0.1, 0.15) is 5.82 Å². The van der Waals surface area contributed by atoms with E-state index in [4.69, 9.17) is 0 Å². The monoisotopic (exact) mass is 384 g/mol. The Balaban J connectivity index is 1.67. The van der Waals surface area contributed by atoms with E-state index < -0.39 is 17.8 Å². The van der Waals surface area contributed by atoms with Crippen LogP contribution in [0.15, 0.2) is 28.0 Å². The minimum Gasteiger partial charge on any atom is -0.409 e. The molecule has 3 N–H and O–H groups in total. The highest BCUT2D eigenvalue weighted by Gasteiger charge is 2.20. The van der Waals surface area contributed by atoms with Gasteiger partial charge in [0, 0.05) is 18.8 Å². The molecule has 0 bridgehead atoms. The van der Waals surface area contributed by atoms with Crippen molar-refractivity contribution in [2.24, 2.45) is 5.16 Å². The summed E-state index contributed by atoms with van der Waals surface area (Å²) in [7, 11) is 0. The van der Waals surface area contributed by atoms with Crippen molar-refractivity contribution in [1.29, 1.82) is 0 Å². The van der Waals surface area contributed by atoms with Crippen molar-refractivity contribution in [1.82, 2.24) is 15.2 Å². The van der Waals surface area contributed by atoms with E-state index in [2.05, 4.69) is 35.6 Å². The number of hydrogen-bond acceptors (Lipinski definition) is 7. The Labute approximate surface area is 153 Å². The Morgan fingerprint density at radius 2 is 2.07 bits per heavy atom. The van der Waals surface area contributed by atoms with E-state index in [0.29, 0.717) is 6.54 Å². The number of hydrogen-bond donors (Lipinski definition) is 3. The molecule has 0 unspecified atom stereocenters. The first-order chi connectivity index (χ1) is 13.1. The zero-order valence-electron chi connectivity index (χ0n) is 14.3. The highest BCUT2D eigenvalue weighted by molar-refractivity contribution is 6.09. The molecule has 0 spiro atoms. The van der Waals surface area contributed by atoms with Crippen molar-refractivity contribution >= 4 is 17.3 Å². The number of amidine groups is 1. The number of likely N-dealkylation sites (tertiary alicyclic amines) is 1. The summed E-state index contributed by atoms with van der Waals surface area (Å²) < 4.78 is 43.8. The number of aromatic nitrogens is 2. The molecule has 1 aliphatic heterocycles. The van der Waals surface area contributed by atoms with Crippen LogP contribution in [0.4, 0.5) is 24.7 Å². The molecule has 1 fully saturated rings. The van der Waals surface area contributed by atoms with Gasteiger partial charge in [-0.1, -0.05) is 5.16 Å². The van der Waals surface area contributed by atoms with Gasteiger partial charge in [-0.2, -0.15) is 0 Å². The molecule has 3 rings (SSSR count). The van der Waals surface area contributed by atoms with Crippen LogP contribution in [0.5, 0.6) is 0 Å². The summed E-state index contributed by atoms with van der Waals surface area (Å²) in [5, 5.41) is 25.4. The lowest BCUT2D eigenvalue weighted by Gasteiger charge is -2.14. The standard InChI is InChI=1S/C16H19F3N6O2/c17-12-4-3-10(9-11(12)14(18)19)21-16(22-26)13-15(24-27-23-13)20-5-8-25-6-1-2-7-25/h3-4,9,14,26H,1-2,5-8H2,(H,20,24)(H,21,22). The minimum absolute atomic E-state index is 0.0712. The highest BCUT2D eigenvalue weighted by atomic mass is 19.3. The lowest BCUT2D eigenvalue weighted by atomic mass is 10.2. The third kappa shape index (κ3) is 4.67. The predicted molar refractivity (Wildman–Crippen MR) is 91.8 cm³/mol. The molecule has 2 heterocycles. The third-order valence-electron chi connectivity index (χ3n) is 4.23. The fraction of sp³-hybridized carbons (Fsp3) is 0.438. The number of benzene rings is 1. The lowest BCUT2D eigenvalue weighted by molar-refractivity contribution is 0.146. The van der Waals surface area contributed by atoms with Crippen LogP contribution in [0, 0.1) is 5.82 Å². The molecular formula is C16H19F3N6O2. The summed E-state index contributed by atoms with van der Waals surface area (Å²) in [4.78, 5) is 2.30. The molecule has 0 aliphatic carbocycles. The van der Waals surface area contributed by atoms with E-state index in [1.807, 2.05) is 0 Å². The molecule has 0 amide bonds. The first kappa shape index (κ1) is 19.0. The lowest BCUT2D eigenvalue weighted by Crippen LogP contribution is -2.26. The Hall–Kier alpha value is -2.82. The van der Waals surface area contributed by atoms with Crippen molar-refractivity contribution in [3.8, 4) is 0 Å². The van der Waals surface area contributed by atoms with Crippen LogP contribution in [0.25, 0.3) is 0 Å². The van der Waals surface area contributed by atoms with Crippen molar-refractivity contribution in [3.63, 3.8) is 0 Å². The van der Waals surface area contributed by atoms with Crippen molar-refractivity contribution in [2.45, 2.75) is 19.3 Å². The largest absolute Gasteiger partial charge is 0.409 e. The number of rotatable bonds is 7. The minimum atomic E-state index is -2.97. The van der Waals surface area contributed by atoms with Crippen LogP contribution in [0.2, 0.25) is 0 Å². The molecule has 8 nitrogen and oxygen atoms in total. The van der Waals surface area contributed by atoms with Crippen LogP contribution in [-0.2, 0) is 0 Å². The normalized spacial score (nSPS) is 15.5. The van der Waals surface area contributed by atoms with Gasteiger partial charge in [0.05, 0.1) is 5.56 Å². The summed E-state index contributed by atoms with van der Waals surface area (Å²) >= 11 is 0. The molecule has 1 aromatic heterocycles. The van der Waals surface area contributed by atoms with Crippen molar-refractivity contribution in [2.75, 3.05) is 36.8 Å². The van der Waals surface area contributed by atoms with E-state index in [1.165, 1.54) is 18.9 Å². The summed E-state index contributed by atoms with van der Waals surface area (Å²) in [6.07, 6.45) is -0.613. The molecule has 1 aliphatic rings. The van der Waals surface area contributed by atoms with Gasteiger partial charge in [0.2, 0.25) is 11.7 Å². The van der Waals surface area contributed by atoms with E-state index in [1.54, 1.807) is 0 Å². The zero-order valence-corrected chi connectivity index (χ0v) is 14.3. The Morgan fingerprint density at radius 1 is 1.30 bits per heavy atom. The van der Waals surface area contributed by atoms with Crippen molar-refractivity contribution < 1.29 is 23.0 Å². The van der Waals surface area contributed by atoms with E-state index >= 15 is 0 Å². The molecule has 27 heavy (non-hydrogen) atoms. The molecule has 1 saturated heterocycles. The van der Waals surface area contributed by atoms with Crippen molar-refractivity contribution in [3.05, 3.63) is 35.3 Å². The Kier molecular flexibility index (Phi) is 6.12. The molecule has 0 radical (unpaired) electrons. The summed E-state index contributed by atoms with van der Waals surface area (Å²) in [6, 6.07) is 3.06. The van der Waals surface area contributed by atoms with Crippen LogP contribution in [0.3, 0.4) is 0 Å². The third-order valence-corrected chi connectivity index (χ3v) is 4.23. The van der Waals surface area contributed by atoms with Gasteiger partial charge >= 0.3 is 0 Å². The number of anilines is 2. The SMILES string of the molecule is ON=C(Nc1ccc(F)c(C(F)F)c1)c1nonc1NCCN1CCCC1. The average molecular weight is 384 g/mol. The quantitative estimate of drug-likeness (QED) is 0.292. The van der Waals surface area contributed by atoms with Crippen LogP contribution < -0.4 is 10.6 Å². The Bertz CT molecular complexity index is 792. The van der Waals surface area contributed by atoms with E-state index in [9.17, 15) is 18.4 Å². The van der Waals surface area contributed by atoms with Crippen LogP contribution in [0.1, 0.15) is 30.5 Å². The summed E-state index contributed by atoms with van der Waals surface area (Å²) in [5.41, 5.74) is -0.591. The number of nitrogens with one attached hydrogen (secondary N) is 2. The first-order valence-corrected chi connectivity index (χ1v) is 8.44. The van der Waals surface area contributed by atoms with Gasteiger partial charge in [-0.15, -0.1) is 0 Å². The number of nitrogens with zero attached hydrogens (tertiary/aromatic N) is 4. The predicted octanol–water partition coefficient (Wildman–Crippen LogP) is 2.90. The van der Waals surface area contributed by atoms with Gasteiger partial charge in [0.25, 0.3) is 6.43 Å². The maximum absolute atomic E-state index is 13.4. The fourth-order valence-electron chi connectivity index (χ4n) is 2.86. The van der Waals surface area contributed by atoms with Gasteiger partial charge in [0.15, 0.2) is 5.69 Å². The molecule has 0 atom stereocenters. The smallest absolute Gasteiger partial charge is 0.266 e. The number of oxime groups is 1. The summed E-state index contributed by atoms with van der Waals surface area (Å²) in [5.74, 6) is -0.956. The summed E-state index contributed by atoms with van der Waals surface area (Å²) in [6.45, 7) is 3.48. The van der Waals surface area contributed by atoms with Crippen LogP contribution in [-0.4, -0.2) is 52.4 Å².